The molecule has 2 aromatic carbocycles. The Kier molecular flexibility index (Phi) is 4.21. The number of aromatic nitrogens is 1. The van der Waals surface area contributed by atoms with Crippen LogP contribution in [0, 0.1) is 0 Å². The van der Waals surface area contributed by atoms with Crippen LogP contribution in [0.5, 0.6) is 0 Å². The molecule has 0 fully saturated rings. The quantitative estimate of drug-likeness (QED) is 0.254. The van der Waals surface area contributed by atoms with Crippen LogP contribution in [0.2, 0.25) is 10.0 Å². The van der Waals surface area contributed by atoms with Crippen molar-refractivity contribution >= 4 is 73.0 Å². The molecule has 0 saturated heterocycles. The highest BCUT2D eigenvalue weighted by Gasteiger charge is 2.34. The number of hydrogen-bond donors (Lipinski definition) is 0. The molecule has 0 aliphatic heterocycles. The van der Waals surface area contributed by atoms with Crippen LogP contribution >= 0.6 is 45.9 Å². The van der Waals surface area contributed by atoms with Crippen molar-refractivity contribution in [2.45, 2.75) is 0 Å². The molecule has 1 aliphatic carbocycles. The largest absolute Gasteiger partial charge is 0.288 e. The van der Waals surface area contributed by atoms with Crippen molar-refractivity contribution in [3.05, 3.63) is 80.3 Å². The second kappa shape index (κ2) is 6.64. The predicted octanol–water partition coefficient (Wildman–Crippen LogP) is 6.79. The van der Waals surface area contributed by atoms with E-state index in [4.69, 9.17) is 23.2 Å². The summed E-state index contributed by atoms with van der Waals surface area (Å²) in [5.41, 5.74) is 1.81. The number of benzene rings is 2. The van der Waals surface area contributed by atoms with Gasteiger partial charge in [-0.25, -0.2) is 4.98 Å². The number of thiazole rings is 1. The van der Waals surface area contributed by atoms with E-state index in [1.807, 2.05) is 18.2 Å². The van der Waals surface area contributed by atoms with Crippen LogP contribution in [-0.4, -0.2) is 16.6 Å². The topological polar surface area (TPSA) is 47.0 Å². The van der Waals surface area contributed by atoms with Crippen LogP contribution in [0.4, 0.5) is 0 Å². The number of thiophene rings is 1. The van der Waals surface area contributed by atoms with Gasteiger partial charge in [-0.1, -0.05) is 53.5 Å². The maximum Gasteiger partial charge on any atom is 0.197 e. The minimum absolute atomic E-state index is 0.0954. The first-order chi connectivity index (χ1) is 13.5. The second-order valence-corrected chi connectivity index (χ2v) is 9.13. The normalized spacial score (nSPS) is 13.4. The first kappa shape index (κ1) is 17.8. The van der Waals surface area contributed by atoms with Crippen molar-refractivity contribution in [2.24, 2.45) is 0 Å². The van der Waals surface area contributed by atoms with Gasteiger partial charge in [-0.05, 0) is 29.8 Å². The van der Waals surface area contributed by atoms with Gasteiger partial charge in [0, 0.05) is 16.0 Å². The lowest BCUT2D eigenvalue weighted by Crippen LogP contribution is -1.99. The molecule has 0 bridgehead atoms. The molecule has 136 valence electrons. The van der Waals surface area contributed by atoms with Gasteiger partial charge in [-0.3, -0.25) is 9.59 Å². The molecule has 0 N–H and O–H groups in total. The fraction of sp³-hybridized carbons (Fsp3) is 0. The summed E-state index contributed by atoms with van der Waals surface area (Å²) in [6.45, 7) is 0. The Morgan fingerprint density at radius 2 is 1.50 bits per heavy atom. The highest BCUT2D eigenvalue weighted by Crippen LogP contribution is 2.38. The number of allylic oxidation sites excluding steroid dienone is 1. The Morgan fingerprint density at radius 3 is 2.11 bits per heavy atom. The molecule has 1 aliphatic rings. The molecule has 0 amide bonds. The highest BCUT2D eigenvalue weighted by atomic mass is 35.5. The van der Waals surface area contributed by atoms with Crippen LogP contribution in [0.25, 0.3) is 26.0 Å². The van der Waals surface area contributed by atoms with Gasteiger partial charge in [0.1, 0.15) is 9.84 Å². The fourth-order valence-electron chi connectivity index (χ4n) is 3.13. The fourth-order valence-corrected chi connectivity index (χ4v) is 5.63. The van der Waals surface area contributed by atoms with Crippen molar-refractivity contribution in [1.29, 1.82) is 0 Å². The summed E-state index contributed by atoms with van der Waals surface area (Å²) >= 11 is 15.0. The van der Waals surface area contributed by atoms with E-state index in [0.29, 0.717) is 5.01 Å². The third-order valence-electron chi connectivity index (χ3n) is 4.47. The highest BCUT2D eigenvalue weighted by molar-refractivity contribution is 7.29. The first-order valence-electron chi connectivity index (χ1n) is 8.27. The Morgan fingerprint density at radius 1 is 0.857 bits per heavy atom. The third-order valence-corrected chi connectivity index (χ3v) is 7.35. The van der Waals surface area contributed by atoms with Crippen LogP contribution in [0.15, 0.2) is 54.1 Å². The summed E-state index contributed by atoms with van der Waals surface area (Å²) in [5, 5.41) is 1.14. The predicted molar refractivity (Wildman–Crippen MR) is 116 cm³/mol. The number of ketones is 2. The number of fused-ring (bicyclic) bond motifs is 2. The van der Waals surface area contributed by atoms with E-state index in [9.17, 15) is 9.59 Å². The molecule has 0 radical (unpaired) electrons. The smallest absolute Gasteiger partial charge is 0.197 e. The lowest BCUT2D eigenvalue weighted by atomic mass is 10.1. The molecule has 28 heavy (non-hydrogen) atoms. The van der Waals surface area contributed by atoms with E-state index >= 15 is 0 Å². The minimum Gasteiger partial charge on any atom is -0.288 e. The van der Waals surface area contributed by atoms with E-state index in [0.717, 1.165) is 20.0 Å². The van der Waals surface area contributed by atoms with Gasteiger partial charge >= 0.3 is 0 Å². The van der Waals surface area contributed by atoms with Gasteiger partial charge in [0.05, 0.1) is 20.3 Å². The standard InChI is InChI=1S/C21H9Cl2NO2S2/c22-14-6-11-12(7-15(14)23)20(26)13(19(11)25)8-18-24-21-17(27-18)9-16(28-21)10-4-2-1-3-5-10/h1-9H. The zero-order valence-corrected chi connectivity index (χ0v) is 17.2. The van der Waals surface area contributed by atoms with Gasteiger partial charge in [0.25, 0.3) is 0 Å². The van der Waals surface area contributed by atoms with Gasteiger partial charge in [0.15, 0.2) is 11.6 Å². The summed E-state index contributed by atoms with van der Waals surface area (Å²) in [6.07, 6.45) is 1.56. The Hall–Kier alpha value is -2.31. The minimum atomic E-state index is -0.345. The van der Waals surface area contributed by atoms with Crippen molar-refractivity contribution < 1.29 is 9.59 Å². The summed E-state index contributed by atoms with van der Waals surface area (Å²) in [6, 6.07) is 15.1. The average molecular weight is 442 g/mol. The maximum atomic E-state index is 12.7. The number of halogens is 2. The van der Waals surface area contributed by atoms with E-state index in [1.165, 1.54) is 23.5 Å². The number of rotatable bonds is 2. The van der Waals surface area contributed by atoms with Crippen molar-refractivity contribution in [3.63, 3.8) is 0 Å². The number of carbonyl (C=O) groups is 2. The lowest BCUT2D eigenvalue weighted by molar-refractivity contribution is 0.0990. The Bertz CT molecular complexity index is 1240. The van der Waals surface area contributed by atoms with Crippen LogP contribution < -0.4 is 0 Å². The maximum absolute atomic E-state index is 12.7. The van der Waals surface area contributed by atoms with Crippen molar-refractivity contribution in [2.75, 3.05) is 0 Å². The van der Waals surface area contributed by atoms with Gasteiger partial charge < -0.3 is 0 Å². The molecule has 0 saturated carbocycles. The Balaban J connectivity index is 1.53. The number of Topliss-reactive ketones (excluding diaryl/α,β-unsaturated/α-hetero) is 2. The molecule has 5 rings (SSSR count). The van der Waals surface area contributed by atoms with Gasteiger partial charge in [0.2, 0.25) is 0 Å². The SMILES string of the molecule is O=C1C(=Cc2nc3sc(-c4ccccc4)cc3s2)C(=O)c2cc(Cl)c(Cl)cc21. The van der Waals surface area contributed by atoms with E-state index in [1.54, 1.807) is 17.4 Å². The zero-order chi connectivity index (χ0) is 19.4. The number of carbonyl (C=O) groups excluding carboxylic acids is 2. The van der Waals surface area contributed by atoms with Crippen LogP contribution in [0.3, 0.4) is 0 Å². The van der Waals surface area contributed by atoms with Crippen molar-refractivity contribution in [1.82, 2.24) is 4.98 Å². The van der Waals surface area contributed by atoms with E-state index in [-0.39, 0.29) is 38.3 Å². The molecule has 0 spiro atoms. The molecule has 0 unspecified atom stereocenters. The summed E-state index contributed by atoms with van der Waals surface area (Å²) in [5.74, 6) is -0.691. The number of nitrogens with zero attached hydrogens (tertiary/aromatic N) is 1. The monoisotopic (exact) mass is 441 g/mol. The molecular weight excluding hydrogens is 433 g/mol. The molecule has 3 nitrogen and oxygen atoms in total. The zero-order valence-electron chi connectivity index (χ0n) is 14.0. The summed E-state index contributed by atoms with van der Waals surface area (Å²) in [4.78, 5) is 31.9. The Labute approximate surface area is 177 Å². The molecule has 2 aromatic heterocycles. The van der Waals surface area contributed by atoms with Gasteiger partial charge in [-0.2, -0.15) is 0 Å². The van der Waals surface area contributed by atoms with Crippen LogP contribution in [-0.2, 0) is 0 Å². The molecule has 7 heteroatoms. The van der Waals surface area contributed by atoms with E-state index in [2.05, 4.69) is 23.2 Å². The average Bonchev–Trinajstić information content (AvgIpc) is 3.31. The summed E-state index contributed by atoms with van der Waals surface area (Å²) < 4.78 is 1.03. The third kappa shape index (κ3) is 2.83. The van der Waals surface area contributed by atoms with Gasteiger partial charge in [-0.15, -0.1) is 22.7 Å². The first-order valence-corrected chi connectivity index (χ1v) is 10.7. The van der Waals surface area contributed by atoms with Crippen LogP contribution in [0.1, 0.15) is 25.7 Å². The number of hydrogen-bond acceptors (Lipinski definition) is 5. The molecule has 2 heterocycles. The van der Waals surface area contributed by atoms with Crippen molar-refractivity contribution in [3.8, 4) is 10.4 Å². The lowest BCUT2D eigenvalue weighted by Gasteiger charge is -1.98. The second-order valence-electron chi connectivity index (χ2n) is 6.23. The molecule has 4 aromatic rings. The van der Waals surface area contributed by atoms with E-state index < -0.39 is 0 Å². The molecular formula is C21H9Cl2NO2S2. The molecule has 0 atom stereocenters. The summed E-state index contributed by atoms with van der Waals surface area (Å²) in [7, 11) is 0.